The van der Waals surface area contributed by atoms with Crippen molar-refractivity contribution in [3.8, 4) is 0 Å². The minimum atomic E-state index is 0.161. The maximum Gasteiger partial charge on any atom is 0.275 e. The van der Waals surface area contributed by atoms with Gasteiger partial charge in [0, 0.05) is 17.2 Å². The molecule has 2 N–H and O–H groups in total. The summed E-state index contributed by atoms with van der Waals surface area (Å²) in [7, 11) is 0. The number of rotatable bonds is 7. The molecule has 1 saturated heterocycles. The first-order valence-electron chi connectivity index (χ1n) is 9.91. The highest BCUT2D eigenvalue weighted by molar-refractivity contribution is 7.99. The van der Waals surface area contributed by atoms with Crippen molar-refractivity contribution in [3.63, 3.8) is 0 Å². The Labute approximate surface area is 174 Å². The summed E-state index contributed by atoms with van der Waals surface area (Å²) in [4.78, 5) is 19.8. The highest BCUT2D eigenvalue weighted by atomic mass is 32.2. The number of amides is 1. The minimum Gasteiger partial charge on any atom is -0.350 e. The van der Waals surface area contributed by atoms with Gasteiger partial charge in [-0.2, -0.15) is 0 Å². The largest absolute Gasteiger partial charge is 0.350 e. The van der Waals surface area contributed by atoms with E-state index in [1.807, 2.05) is 35.6 Å². The summed E-state index contributed by atoms with van der Waals surface area (Å²) in [6.07, 6.45) is 2.34. The second kappa shape index (κ2) is 9.54. The van der Waals surface area contributed by atoms with Crippen molar-refractivity contribution in [2.24, 2.45) is 0 Å². The molecule has 1 aliphatic heterocycles. The highest BCUT2D eigenvalue weighted by Crippen LogP contribution is 2.30. The van der Waals surface area contributed by atoms with Gasteiger partial charge < -0.3 is 10.2 Å². The Morgan fingerprint density at radius 3 is 2.86 bits per heavy atom. The monoisotopic (exact) mass is 412 g/mol. The average Bonchev–Trinajstić information content (AvgIpc) is 3.17. The van der Waals surface area contributed by atoms with Gasteiger partial charge in [0.1, 0.15) is 5.01 Å². The molecule has 0 saturated carbocycles. The van der Waals surface area contributed by atoms with Crippen molar-refractivity contribution >= 4 is 39.2 Å². The molecule has 1 amide bonds. The van der Waals surface area contributed by atoms with E-state index in [1.165, 1.54) is 25.9 Å². The lowest BCUT2D eigenvalue weighted by atomic mass is 9.99. The number of para-hydroxylation sites is 1. The van der Waals surface area contributed by atoms with E-state index in [0.717, 1.165) is 30.8 Å². The van der Waals surface area contributed by atoms with Gasteiger partial charge in [0.2, 0.25) is 0 Å². The van der Waals surface area contributed by atoms with Crippen LogP contribution in [0.15, 0.2) is 59.5 Å². The van der Waals surface area contributed by atoms with E-state index < -0.39 is 0 Å². The maximum atomic E-state index is 12.4. The number of nitrogens with zero attached hydrogens (tertiary/aromatic N) is 1. The van der Waals surface area contributed by atoms with Crippen LogP contribution in [0.2, 0.25) is 0 Å². The van der Waals surface area contributed by atoms with Crippen LogP contribution in [-0.4, -0.2) is 42.8 Å². The fourth-order valence-electron chi connectivity index (χ4n) is 3.75. The summed E-state index contributed by atoms with van der Waals surface area (Å²) >= 11 is 3.59. The summed E-state index contributed by atoms with van der Waals surface area (Å²) in [5.74, 6) is 1.54. The van der Waals surface area contributed by atoms with Gasteiger partial charge in [0.25, 0.3) is 5.91 Å². The smallest absolute Gasteiger partial charge is 0.275 e. The summed E-state index contributed by atoms with van der Waals surface area (Å²) in [5.41, 5.74) is 1.10. The molecule has 4 nitrogen and oxygen atoms in total. The van der Waals surface area contributed by atoms with Crippen LogP contribution in [0, 0.1) is 0 Å². The number of thiazole rings is 1. The van der Waals surface area contributed by atoms with Crippen molar-refractivity contribution in [1.29, 1.82) is 0 Å². The molecule has 2 aromatic carbocycles. The van der Waals surface area contributed by atoms with Crippen molar-refractivity contribution in [3.05, 3.63) is 59.6 Å². The van der Waals surface area contributed by atoms with Crippen LogP contribution in [0.1, 0.15) is 23.8 Å². The lowest BCUT2D eigenvalue weighted by Crippen LogP contribution is -3.14. The van der Waals surface area contributed by atoms with Crippen LogP contribution in [0.5, 0.6) is 0 Å². The van der Waals surface area contributed by atoms with Gasteiger partial charge in [-0.15, -0.1) is 23.1 Å². The number of hydrogen-bond acceptors (Lipinski definition) is 4. The molecule has 0 radical (unpaired) electrons. The van der Waals surface area contributed by atoms with Gasteiger partial charge in [0.15, 0.2) is 6.54 Å². The number of hydrogen-bond donors (Lipinski definition) is 2. The van der Waals surface area contributed by atoms with Gasteiger partial charge in [-0.25, -0.2) is 4.98 Å². The SMILES string of the molecule is O=C(C[NH+]1CCC[C@H](c2nc3ccccc3s2)C1)NCCSc1ccccc1. The fourth-order valence-corrected chi connectivity index (χ4v) is 5.64. The molecule has 2 heterocycles. The molecule has 1 unspecified atom stereocenters. The predicted molar refractivity (Wildman–Crippen MR) is 117 cm³/mol. The third kappa shape index (κ3) is 5.13. The molecular formula is C22H26N3OS2+. The van der Waals surface area contributed by atoms with Crippen LogP contribution in [-0.2, 0) is 4.79 Å². The topological polar surface area (TPSA) is 46.4 Å². The number of aromatic nitrogens is 1. The summed E-state index contributed by atoms with van der Waals surface area (Å²) in [6.45, 7) is 3.37. The van der Waals surface area contributed by atoms with Gasteiger partial charge in [-0.05, 0) is 37.1 Å². The molecule has 0 spiro atoms. The standard InChI is InChI=1S/C22H25N3OS2/c26-21(23-12-14-27-18-8-2-1-3-9-18)16-25-13-6-7-17(15-25)22-24-19-10-4-5-11-20(19)28-22/h1-5,8-11,17H,6-7,12-16H2,(H,23,26)/p+1/t17-/m0/s1. The van der Waals surface area contributed by atoms with Crippen molar-refractivity contribution in [2.45, 2.75) is 23.7 Å². The first kappa shape index (κ1) is 19.4. The Hall–Kier alpha value is -1.89. The zero-order chi connectivity index (χ0) is 19.2. The van der Waals surface area contributed by atoms with Gasteiger partial charge >= 0.3 is 0 Å². The van der Waals surface area contributed by atoms with Crippen LogP contribution < -0.4 is 10.2 Å². The van der Waals surface area contributed by atoms with Gasteiger partial charge in [0.05, 0.1) is 29.2 Å². The lowest BCUT2D eigenvalue weighted by Gasteiger charge is -2.28. The molecule has 2 atom stereocenters. The summed E-state index contributed by atoms with van der Waals surface area (Å²) < 4.78 is 1.26. The minimum absolute atomic E-state index is 0.161. The van der Waals surface area contributed by atoms with Gasteiger partial charge in [-0.1, -0.05) is 30.3 Å². The Bertz CT molecular complexity index is 879. The Morgan fingerprint density at radius 2 is 2.00 bits per heavy atom. The molecular weight excluding hydrogens is 386 g/mol. The Morgan fingerprint density at radius 1 is 1.18 bits per heavy atom. The first-order valence-corrected chi connectivity index (χ1v) is 11.7. The number of nitrogens with one attached hydrogen (secondary N) is 2. The molecule has 1 fully saturated rings. The number of carbonyl (C=O) groups excluding carboxylic acids is 1. The van der Waals surface area contributed by atoms with E-state index in [0.29, 0.717) is 19.0 Å². The van der Waals surface area contributed by atoms with Crippen LogP contribution in [0.3, 0.4) is 0 Å². The molecule has 28 heavy (non-hydrogen) atoms. The van der Waals surface area contributed by atoms with E-state index in [2.05, 4.69) is 35.6 Å². The van der Waals surface area contributed by atoms with E-state index in [4.69, 9.17) is 4.98 Å². The van der Waals surface area contributed by atoms with E-state index in [9.17, 15) is 4.79 Å². The molecule has 0 bridgehead atoms. The van der Waals surface area contributed by atoms with Crippen LogP contribution >= 0.6 is 23.1 Å². The summed E-state index contributed by atoms with van der Waals surface area (Å²) in [5, 5.41) is 4.32. The maximum absolute atomic E-state index is 12.4. The predicted octanol–water partition coefficient (Wildman–Crippen LogP) is 2.97. The second-order valence-electron chi connectivity index (χ2n) is 7.25. The Kier molecular flexibility index (Phi) is 6.62. The summed E-state index contributed by atoms with van der Waals surface area (Å²) in [6, 6.07) is 18.7. The number of benzene rings is 2. The van der Waals surface area contributed by atoms with Crippen LogP contribution in [0.4, 0.5) is 0 Å². The molecule has 4 rings (SSSR count). The van der Waals surface area contributed by atoms with E-state index in [-0.39, 0.29) is 5.91 Å². The number of piperidine rings is 1. The van der Waals surface area contributed by atoms with Gasteiger partial charge in [-0.3, -0.25) is 4.79 Å². The number of likely N-dealkylation sites (tertiary alicyclic amines) is 1. The molecule has 0 aliphatic carbocycles. The normalized spacial score (nSPS) is 19.6. The Balaban J connectivity index is 1.23. The van der Waals surface area contributed by atoms with E-state index >= 15 is 0 Å². The van der Waals surface area contributed by atoms with E-state index in [1.54, 1.807) is 11.8 Å². The zero-order valence-corrected chi connectivity index (χ0v) is 17.5. The molecule has 1 aromatic heterocycles. The number of thioether (sulfide) groups is 1. The number of fused-ring (bicyclic) bond motifs is 1. The molecule has 146 valence electrons. The third-order valence-electron chi connectivity index (χ3n) is 5.12. The quantitative estimate of drug-likeness (QED) is 0.463. The van der Waals surface area contributed by atoms with Crippen LogP contribution in [0.25, 0.3) is 10.2 Å². The molecule has 1 aliphatic rings. The van der Waals surface area contributed by atoms with Crippen molar-refractivity contribution in [1.82, 2.24) is 10.3 Å². The molecule has 3 aromatic rings. The first-order chi connectivity index (χ1) is 13.8. The lowest BCUT2D eigenvalue weighted by molar-refractivity contribution is -0.898. The highest BCUT2D eigenvalue weighted by Gasteiger charge is 2.28. The fraction of sp³-hybridized carbons (Fsp3) is 0.364. The van der Waals surface area contributed by atoms with Crippen molar-refractivity contribution in [2.75, 3.05) is 31.9 Å². The zero-order valence-electron chi connectivity index (χ0n) is 15.9. The number of carbonyl (C=O) groups is 1. The van der Waals surface area contributed by atoms with Crippen molar-refractivity contribution < 1.29 is 9.69 Å². The average molecular weight is 413 g/mol. The number of quaternary nitrogens is 1. The third-order valence-corrected chi connectivity index (χ3v) is 7.34. The molecule has 6 heteroatoms. The second-order valence-corrected chi connectivity index (χ2v) is 9.48.